The third-order valence-corrected chi connectivity index (χ3v) is 8.00. The molecule has 12 heteroatoms. The van der Waals surface area contributed by atoms with E-state index in [1.165, 1.54) is 18.2 Å². The number of carboxylic acid groups (broad SMARTS) is 1. The second-order valence-corrected chi connectivity index (χ2v) is 11.2. The lowest BCUT2D eigenvalue weighted by molar-refractivity contribution is -0.385. The normalized spacial score (nSPS) is 12.3. The van der Waals surface area contributed by atoms with Crippen LogP contribution in [0.5, 0.6) is 0 Å². The van der Waals surface area contributed by atoms with Gasteiger partial charge in [0.05, 0.1) is 21.9 Å². The zero-order chi connectivity index (χ0) is 34.0. The Hall–Kier alpha value is -6.14. The number of benzene rings is 4. The van der Waals surface area contributed by atoms with Crippen molar-refractivity contribution in [2.45, 2.75) is 31.8 Å². The number of aliphatic carboxylic acids is 1. The van der Waals surface area contributed by atoms with Crippen LogP contribution < -0.4 is 15.7 Å². The van der Waals surface area contributed by atoms with Crippen LogP contribution in [-0.4, -0.2) is 39.3 Å². The number of nitro groups is 2. The Balaban J connectivity index is 0.000000188. The van der Waals surface area contributed by atoms with Crippen molar-refractivity contribution in [3.63, 3.8) is 0 Å². The van der Waals surface area contributed by atoms with Gasteiger partial charge in [-0.2, -0.15) is 0 Å². The smallest absolute Gasteiger partial charge is 0.273 e. The molecule has 1 aliphatic carbocycles. The van der Waals surface area contributed by atoms with Crippen molar-refractivity contribution in [2.24, 2.45) is 0 Å². The van der Waals surface area contributed by atoms with Gasteiger partial charge in [0.25, 0.3) is 11.4 Å². The van der Waals surface area contributed by atoms with Crippen LogP contribution >= 0.6 is 0 Å². The maximum Gasteiger partial charge on any atom is 0.273 e. The molecule has 0 aliphatic heterocycles. The molecule has 1 amide bonds. The molecule has 1 aliphatic rings. The molecular formula is C36H32N5O7-. The molecule has 0 radical (unpaired) electrons. The molecule has 48 heavy (non-hydrogen) atoms. The number of rotatable bonds is 12. The Morgan fingerprint density at radius 2 is 1.56 bits per heavy atom. The van der Waals surface area contributed by atoms with Gasteiger partial charge in [0.2, 0.25) is 5.91 Å². The molecule has 3 N–H and O–H groups in total. The zero-order valence-corrected chi connectivity index (χ0v) is 25.8. The first-order valence-corrected chi connectivity index (χ1v) is 15.2. The van der Waals surface area contributed by atoms with E-state index in [4.69, 9.17) is 0 Å². The van der Waals surface area contributed by atoms with Crippen molar-refractivity contribution >= 4 is 40.2 Å². The van der Waals surface area contributed by atoms with Crippen molar-refractivity contribution in [1.82, 2.24) is 15.6 Å². The van der Waals surface area contributed by atoms with Gasteiger partial charge in [-0.25, -0.2) is 0 Å². The molecule has 0 saturated heterocycles. The summed E-state index contributed by atoms with van der Waals surface area (Å²) in [6, 6.07) is 27.6. The van der Waals surface area contributed by atoms with Crippen LogP contribution in [0.1, 0.15) is 27.8 Å². The number of nitrogens with one attached hydrogen (secondary N) is 3. The highest BCUT2D eigenvalue weighted by atomic mass is 16.6. The third-order valence-electron chi connectivity index (χ3n) is 8.00. The monoisotopic (exact) mass is 646 g/mol. The number of aromatic nitrogens is 1. The Bertz CT molecular complexity index is 1970. The van der Waals surface area contributed by atoms with Gasteiger partial charge in [0.1, 0.15) is 0 Å². The number of hydrogen-bond donors (Lipinski definition) is 3. The first-order valence-electron chi connectivity index (χ1n) is 15.2. The summed E-state index contributed by atoms with van der Waals surface area (Å²) in [5, 5.41) is 40.0. The predicted octanol–water partition coefficient (Wildman–Crippen LogP) is 4.42. The highest BCUT2D eigenvalue weighted by Crippen LogP contribution is 2.32. The Labute approximate surface area is 275 Å². The van der Waals surface area contributed by atoms with E-state index < -0.39 is 21.9 Å². The zero-order valence-electron chi connectivity index (χ0n) is 25.8. The average molecular weight is 647 g/mol. The lowest BCUT2D eigenvalue weighted by Crippen LogP contribution is -2.46. The second kappa shape index (κ2) is 15.4. The van der Waals surface area contributed by atoms with E-state index in [0.29, 0.717) is 24.1 Å². The van der Waals surface area contributed by atoms with E-state index in [1.54, 1.807) is 36.5 Å². The Morgan fingerprint density at radius 3 is 2.27 bits per heavy atom. The Morgan fingerprint density at radius 1 is 0.833 bits per heavy atom. The topological polar surface area (TPSA) is 183 Å². The fourth-order valence-electron chi connectivity index (χ4n) is 5.48. The van der Waals surface area contributed by atoms with Crippen LogP contribution in [0.4, 0.5) is 11.4 Å². The van der Waals surface area contributed by atoms with Gasteiger partial charge < -0.3 is 25.5 Å². The fourth-order valence-corrected chi connectivity index (χ4v) is 5.48. The molecule has 1 aromatic heterocycles. The number of non-ortho nitro benzene ring substituents is 1. The minimum absolute atomic E-state index is 0.000932. The van der Waals surface area contributed by atoms with Gasteiger partial charge in [-0.1, -0.05) is 72.8 Å². The molecule has 1 atom stereocenters. The first-order chi connectivity index (χ1) is 23.2. The standard InChI is InChI=1S/C18H17N3O4.C18H16N2O3/c22-18(23)17(9-13-11-20-16-4-2-1-3-15(13)16)19-10-12-5-7-14(8-6-12)21(24)25;21-18(19-10-9-13-5-2-1-3-6-13)15-11-14-7-4-8-17(20(22)23)16(14)12-15/h1-8,11,17,19-20H,9-10H2,(H,22,23);1-8,11H,9-10,12H2,(H,19,21)/p-1. The number of hydrogen-bond acceptors (Lipinski definition) is 8. The largest absolute Gasteiger partial charge is 0.548 e. The average Bonchev–Trinajstić information content (AvgIpc) is 3.72. The molecule has 244 valence electrons. The number of H-pyrrole nitrogens is 1. The summed E-state index contributed by atoms with van der Waals surface area (Å²) >= 11 is 0. The van der Waals surface area contributed by atoms with Gasteiger partial charge in [-0.3, -0.25) is 25.0 Å². The third kappa shape index (κ3) is 8.36. The van der Waals surface area contributed by atoms with Crippen LogP contribution in [-0.2, 0) is 35.4 Å². The van der Waals surface area contributed by atoms with E-state index in [-0.39, 0.29) is 30.2 Å². The summed E-state index contributed by atoms with van der Waals surface area (Å²) in [4.78, 5) is 47.6. The fraction of sp³-hybridized carbons (Fsp3) is 0.167. The van der Waals surface area contributed by atoms with Crippen LogP contribution in [0.15, 0.2) is 109 Å². The number of fused-ring (bicyclic) bond motifs is 2. The molecule has 0 bridgehead atoms. The highest BCUT2D eigenvalue weighted by Gasteiger charge is 2.25. The molecule has 6 rings (SSSR count). The van der Waals surface area contributed by atoms with E-state index in [2.05, 4.69) is 15.6 Å². The molecule has 1 unspecified atom stereocenters. The molecule has 0 fully saturated rings. The maximum absolute atomic E-state index is 12.2. The summed E-state index contributed by atoms with van der Waals surface area (Å²) in [5.41, 5.74) is 5.78. The number of amides is 1. The first kappa shape index (κ1) is 33.2. The molecule has 4 aromatic carbocycles. The molecular weight excluding hydrogens is 614 g/mol. The van der Waals surface area contributed by atoms with Gasteiger partial charge in [0, 0.05) is 65.9 Å². The van der Waals surface area contributed by atoms with Crippen LogP contribution in [0.25, 0.3) is 17.0 Å². The minimum atomic E-state index is -1.19. The summed E-state index contributed by atoms with van der Waals surface area (Å²) in [5.74, 6) is -1.35. The Kier molecular flexibility index (Phi) is 10.7. The maximum atomic E-state index is 12.2. The number of carbonyl (C=O) groups is 2. The van der Waals surface area contributed by atoms with E-state index in [9.17, 15) is 34.9 Å². The molecule has 0 saturated carbocycles. The van der Waals surface area contributed by atoms with Crippen LogP contribution in [0, 0.1) is 20.2 Å². The van der Waals surface area contributed by atoms with Crippen molar-refractivity contribution in [2.75, 3.05) is 6.54 Å². The number of carbonyl (C=O) groups excluding carboxylic acids is 2. The number of nitro benzene ring substituents is 2. The van der Waals surface area contributed by atoms with E-state index in [0.717, 1.165) is 39.6 Å². The van der Waals surface area contributed by atoms with Crippen molar-refractivity contribution < 1.29 is 24.5 Å². The summed E-state index contributed by atoms with van der Waals surface area (Å²) in [6.45, 7) is 0.817. The van der Waals surface area contributed by atoms with Crippen molar-refractivity contribution in [1.29, 1.82) is 0 Å². The van der Waals surface area contributed by atoms with E-state index >= 15 is 0 Å². The van der Waals surface area contributed by atoms with Crippen molar-refractivity contribution in [3.05, 3.63) is 157 Å². The predicted molar refractivity (Wildman–Crippen MR) is 179 cm³/mol. The number of para-hydroxylation sites is 1. The van der Waals surface area contributed by atoms with Gasteiger partial charge in [0.15, 0.2) is 0 Å². The number of aromatic amines is 1. The summed E-state index contributed by atoms with van der Waals surface area (Å²) in [7, 11) is 0. The highest BCUT2D eigenvalue weighted by molar-refractivity contribution is 6.00. The molecule has 0 spiro atoms. The van der Waals surface area contributed by atoms with Gasteiger partial charge >= 0.3 is 0 Å². The summed E-state index contributed by atoms with van der Waals surface area (Å²) < 4.78 is 0. The van der Waals surface area contributed by atoms with Crippen LogP contribution in [0.2, 0.25) is 0 Å². The van der Waals surface area contributed by atoms with Crippen molar-refractivity contribution in [3.8, 4) is 0 Å². The van der Waals surface area contributed by atoms with Gasteiger partial charge in [-0.15, -0.1) is 0 Å². The number of carboxylic acids is 1. The number of nitrogens with zero attached hydrogens (tertiary/aromatic N) is 2. The second-order valence-electron chi connectivity index (χ2n) is 11.2. The summed E-state index contributed by atoms with van der Waals surface area (Å²) in [6.07, 6.45) is 4.88. The lowest BCUT2D eigenvalue weighted by atomic mass is 10.0. The molecule has 12 nitrogen and oxygen atoms in total. The van der Waals surface area contributed by atoms with Gasteiger partial charge in [-0.05, 0) is 47.2 Å². The molecule has 1 heterocycles. The minimum Gasteiger partial charge on any atom is -0.548 e. The quantitative estimate of drug-likeness (QED) is 0.131. The van der Waals surface area contributed by atoms with E-state index in [1.807, 2.05) is 54.6 Å². The SMILES string of the molecule is O=C(NCCc1ccccc1)C1=Cc2cccc([N+](=O)[O-])c2C1.O=C([O-])C(Cc1c[nH]c2ccccc12)NCc1ccc([N+](=O)[O-])cc1. The lowest BCUT2D eigenvalue weighted by Gasteiger charge is -2.19. The van der Waals surface area contributed by atoms with Crippen LogP contribution in [0.3, 0.4) is 0 Å². The molecule has 5 aromatic rings.